The van der Waals surface area contributed by atoms with Crippen LogP contribution in [0.1, 0.15) is 28.8 Å². The molecule has 0 bridgehead atoms. The summed E-state index contributed by atoms with van der Waals surface area (Å²) in [7, 11) is 0. The molecule has 1 aromatic heterocycles. The number of benzene rings is 1. The van der Waals surface area contributed by atoms with Crippen LogP contribution in [-0.4, -0.2) is 12.5 Å². The zero-order chi connectivity index (χ0) is 14.5. The number of carbonyl (C=O) groups excluding carboxylic acids is 1. The number of hydrogen-bond acceptors (Lipinski definition) is 3. The van der Waals surface area contributed by atoms with Gasteiger partial charge in [0, 0.05) is 23.5 Å². The van der Waals surface area contributed by atoms with Crippen molar-refractivity contribution < 1.29 is 4.79 Å². The Morgan fingerprint density at radius 2 is 2.24 bits per heavy atom. The van der Waals surface area contributed by atoms with Crippen molar-refractivity contribution in [2.75, 3.05) is 11.9 Å². The molecule has 1 aliphatic heterocycles. The number of carbonyl (C=O) groups is 1. The molecule has 0 aliphatic carbocycles. The Kier molecular flexibility index (Phi) is 4.68. The molecule has 0 unspecified atom stereocenters. The first-order valence-electron chi connectivity index (χ1n) is 7.46. The largest absolute Gasteiger partial charge is 0.326 e. The van der Waals surface area contributed by atoms with E-state index in [2.05, 4.69) is 34.2 Å². The highest BCUT2D eigenvalue weighted by atomic mass is 32.1. The molecule has 21 heavy (non-hydrogen) atoms. The van der Waals surface area contributed by atoms with E-state index in [4.69, 9.17) is 0 Å². The Balaban J connectivity index is 1.55. The smallest absolute Gasteiger partial charge is 0.224 e. The summed E-state index contributed by atoms with van der Waals surface area (Å²) in [6, 6.07) is 10.4. The summed E-state index contributed by atoms with van der Waals surface area (Å²) >= 11 is 1.76. The SMILES string of the molecule is O=C(CCCc1cccs1)Nc1cccc2c1CCNC2. The van der Waals surface area contributed by atoms with Crippen molar-refractivity contribution in [1.82, 2.24) is 5.32 Å². The van der Waals surface area contributed by atoms with Gasteiger partial charge in [-0.15, -0.1) is 11.3 Å². The minimum atomic E-state index is 0.124. The van der Waals surface area contributed by atoms with Crippen LogP contribution in [0.2, 0.25) is 0 Å². The molecule has 0 radical (unpaired) electrons. The van der Waals surface area contributed by atoms with Crippen molar-refractivity contribution >= 4 is 22.9 Å². The molecular weight excluding hydrogens is 280 g/mol. The zero-order valence-electron chi connectivity index (χ0n) is 12.0. The van der Waals surface area contributed by atoms with Gasteiger partial charge < -0.3 is 10.6 Å². The molecule has 0 atom stereocenters. The normalized spacial score (nSPS) is 13.7. The van der Waals surface area contributed by atoms with Crippen molar-refractivity contribution in [3.05, 3.63) is 51.7 Å². The maximum atomic E-state index is 12.1. The van der Waals surface area contributed by atoms with Crippen LogP contribution in [0.5, 0.6) is 0 Å². The molecule has 0 saturated carbocycles. The van der Waals surface area contributed by atoms with E-state index in [1.807, 2.05) is 12.1 Å². The van der Waals surface area contributed by atoms with E-state index in [9.17, 15) is 4.79 Å². The second-order valence-corrected chi connectivity index (χ2v) is 6.38. The molecule has 1 aromatic carbocycles. The number of fused-ring (bicyclic) bond motifs is 1. The van der Waals surface area contributed by atoms with Crippen LogP contribution in [0.4, 0.5) is 5.69 Å². The molecule has 110 valence electrons. The Bertz CT molecular complexity index is 607. The number of amides is 1. The van der Waals surface area contributed by atoms with Crippen LogP contribution < -0.4 is 10.6 Å². The number of rotatable bonds is 5. The summed E-state index contributed by atoms with van der Waals surface area (Å²) in [5, 5.41) is 8.53. The lowest BCUT2D eigenvalue weighted by Crippen LogP contribution is -2.25. The molecular formula is C17H20N2OS. The molecule has 4 heteroatoms. The fourth-order valence-corrected chi connectivity index (χ4v) is 3.49. The van der Waals surface area contributed by atoms with Gasteiger partial charge in [0.25, 0.3) is 0 Å². The fraction of sp³-hybridized carbons (Fsp3) is 0.353. The van der Waals surface area contributed by atoms with Gasteiger partial charge in [0.05, 0.1) is 0 Å². The van der Waals surface area contributed by atoms with E-state index in [0.29, 0.717) is 6.42 Å². The third kappa shape index (κ3) is 3.71. The molecule has 2 heterocycles. The molecule has 0 saturated heterocycles. The minimum absolute atomic E-state index is 0.124. The van der Waals surface area contributed by atoms with E-state index in [1.165, 1.54) is 16.0 Å². The Hall–Kier alpha value is -1.65. The highest BCUT2D eigenvalue weighted by Crippen LogP contribution is 2.23. The van der Waals surface area contributed by atoms with Crippen molar-refractivity contribution in [2.45, 2.75) is 32.2 Å². The third-order valence-electron chi connectivity index (χ3n) is 3.82. The Morgan fingerprint density at radius 3 is 3.10 bits per heavy atom. The maximum Gasteiger partial charge on any atom is 0.224 e. The Labute approximate surface area is 129 Å². The second kappa shape index (κ2) is 6.87. The van der Waals surface area contributed by atoms with Crippen LogP contribution in [0.15, 0.2) is 35.7 Å². The van der Waals surface area contributed by atoms with Gasteiger partial charge in [0.2, 0.25) is 5.91 Å². The van der Waals surface area contributed by atoms with Crippen LogP contribution in [-0.2, 0) is 24.2 Å². The summed E-state index contributed by atoms with van der Waals surface area (Å²) in [5.74, 6) is 0.124. The molecule has 3 rings (SSSR count). The monoisotopic (exact) mass is 300 g/mol. The number of hydrogen-bond donors (Lipinski definition) is 2. The zero-order valence-corrected chi connectivity index (χ0v) is 12.8. The lowest BCUT2D eigenvalue weighted by atomic mass is 9.99. The minimum Gasteiger partial charge on any atom is -0.326 e. The molecule has 2 N–H and O–H groups in total. The van der Waals surface area contributed by atoms with Gasteiger partial charge in [-0.3, -0.25) is 4.79 Å². The van der Waals surface area contributed by atoms with Gasteiger partial charge in [-0.2, -0.15) is 0 Å². The summed E-state index contributed by atoms with van der Waals surface area (Å²) < 4.78 is 0. The Morgan fingerprint density at radius 1 is 1.29 bits per heavy atom. The van der Waals surface area contributed by atoms with E-state index in [-0.39, 0.29) is 5.91 Å². The second-order valence-electron chi connectivity index (χ2n) is 5.35. The van der Waals surface area contributed by atoms with E-state index in [0.717, 1.165) is 38.0 Å². The molecule has 2 aromatic rings. The van der Waals surface area contributed by atoms with Crippen molar-refractivity contribution in [2.24, 2.45) is 0 Å². The van der Waals surface area contributed by atoms with E-state index < -0.39 is 0 Å². The van der Waals surface area contributed by atoms with Gasteiger partial charge in [-0.25, -0.2) is 0 Å². The van der Waals surface area contributed by atoms with E-state index in [1.54, 1.807) is 11.3 Å². The predicted molar refractivity (Wildman–Crippen MR) is 87.7 cm³/mol. The summed E-state index contributed by atoms with van der Waals surface area (Å²) in [6.07, 6.45) is 3.46. The van der Waals surface area contributed by atoms with Crippen LogP contribution in [0.3, 0.4) is 0 Å². The fourth-order valence-electron chi connectivity index (χ4n) is 2.74. The molecule has 1 aliphatic rings. The number of anilines is 1. The van der Waals surface area contributed by atoms with Crippen LogP contribution >= 0.6 is 11.3 Å². The first-order chi connectivity index (χ1) is 10.3. The summed E-state index contributed by atoms with van der Waals surface area (Å²) in [5.41, 5.74) is 3.59. The highest BCUT2D eigenvalue weighted by Gasteiger charge is 2.13. The summed E-state index contributed by atoms with van der Waals surface area (Å²) in [4.78, 5) is 13.5. The third-order valence-corrected chi connectivity index (χ3v) is 4.76. The average molecular weight is 300 g/mol. The molecule has 3 nitrogen and oxygen atoms in total. The quantitative estimate of drug-likeness (QED) is 0.889. The van der Waals surface area contributed by atoms with Crippen molar-refractivity contribution in [1.29, 1.82) is 0 Å². The first kappa shape index (κ1) is 14.3. The highest BCUT2D eigenvalue weighted by molar-refractivity contribution is 7.09. The first-order valence-corrected chi connectivity index (χ1v) is 8.34. The summed E-state index contributed by atoms with van der Waals surface area (Å²) in [6.45, 7) is 1.88. The van der Waals surface area contributed by atoms with Gasteiger partial charge in [-0.05, 0) is 54.4 Å². The lowest BCUT2D eigenvalue weighted by molar-refractivity contribution is -0.116. The van der Waals surface area contributed by atoms with E-state index >= 15 is 0 Å². The topological polar surface area (TPSA) is 41.1 Å². The van der Waals surface area contributed by atoms with Gasteiger partial charge in [0.15, 0.2) is 0 Å². The number of nitrogens with one attached hydrogen (secondary N) is 2. The molecule has 1 amide bonds. The van der Waals surface area contributed by atoms with Crippen molar-refractivity contribution in [3.63, 3.8) is 0 Å². The molecule has 0 fully saturated rings. The van der Waals surface area contributed by atoms with Gasteiger partial charge >= 0.3 is 0 Å². The van der Waals surface area contributed by atoms with Gasteiger partial charge in [0.1, 0.15) is 0 Å². The standard InChI is InChI=1S/C17H20N2OS/c20-17(8-2-5-14-6-3-11-21-14)19-16-7-1-4-13-12-18-10-9-15(13)16/h1,3-4,6-7,11,18H,2,5,8-10,12H2,(H,19,20). The molecule has 0 spiro atoms. The van der Waals surface area contributed by atoms with Gasteiger partial charge in [-0.1, -0.05) is 18.2 Å². The van der Waals surface area contributed by atoms with Crippen molar-refractivity contribution in [3.8, 4) is 0 Å². The van der Waals surface area contributed by atoms with Crippen LogP contribution in [0.25, 0.3) is 0 Å². The maximum absolute atomic E-state index is 12.1. The number of aryl methyl sites for hydroxylation is 1. The predicted octanol–water partition coefficient (Wildman–Crippen LogP) is 3.36. The van der Waals surface area contributed by atoms with Crippen LogP contribution in [0, 0.1) is 0 Å². The average Bonchev–Trinajstić information content (AvgIpc) is 3.01. The lowest BCUT2D eigenvalue weighted by Gasteiger charge is -2.20. The number of thiophene rings is 1.